The molecule has 1 unspecified atom stereocenters. The van der Waals surface area contributed by atoms with Crippen molar-refractivity contribution in [2.24, 2.45) is 11.7 Å². The SMILES string of the molecule is Cc1cc(C(=O)Cc2cc(C(N)(CCC3CC3)c3ccncc3)ccc2F)n(-c2ccc3ccnc(N)c3c2)n1. The van der Waals surface area contributed by atoms with Gasteiger partial charge in [0.15, 0.2) is 5.78 Å². The molecular formula is C32H31FN6O. The van der Waals surface area contributed by atoms with Gasteiger partial charge in [-0.05, 0) is 90.2 Å². The maximum atomic E-state index is 15.2. The number of rotatable bonds is 9. The number of halogens is 1. The van der Waals surface area contributed by atoms with E-state index in [1.165, 1.54) is 18.9 Å². The number of hydrogen-bond donors (Lipinski definition) is 2. The second-order valence-electron chi connectivity index (χ2n) is 10.8. The minimum absolute atomic E-state index is 0.128. The molecule has 0 amide bonds. The number of anilines is 1. The molecule has 5 aromatic rings. The van der Waals surface area contributed by atoms with Gasteiger partial charge in [-0.1, -0.05) is 31.0 Å². The summed E-state index contributed by atoms with van der Waals surface area (Å²) in [7, 11) is 0. The summed E-state index contributed by atoms with van der Waals surface area (Å²) in [6.45, 7) is 1.82. The van der Waals surface area contributed by atoms with Crippen LogP contribution < -0.4 is 11.5 Å². The van der Waals surface area contributed by atoms with Gasteiger partial charge in [-0.2, -0.15) is 5.10 Å². The standard InChI is InChI=1S/C32H31FN6O/c1-20-16-29(39(38-20)26-6-4-22-9-15-37-31(34)27(22)19-26)30(40)18-23-17-25(5-7-28(23)33)32(35,12-8-21-2-3-21)24-10-13-36-14-11-24/h4-7,9-11,13-17,19,21H,2-3,8,12,18,35H2,1H3,(H2,34,37). The maximum absolute atomic E-state index is 15.2. The first-order chi connectivity index (χ1) is 19.3. The van der Waals surface area contributed by atoms with Crippen molar-refractivity contribution in [3.05, 3.63) is 113 Å². The van der Waals surface area contributed by atoms with E-state index in [1.54, 1.807) is 41.5 Å². The first-order valence-electron chi connectivity index (χ1n) is 13.5. The Balaban J connectivity index is 1.34. The quantitative estimate of drug-likeness (QED) is 0.236. The third-order valence-corrected chi connectivity index (χ3v) is 7.89. The Morgan fingerprint density at radius 2 is 1.82 bits per heavy atom. The molecule has 3 aromatic heterocycles. The summed E-state index contributed by atoms with van der Waals surface area (Å²) < 4.78 is 16.8. The summed E-state index contributed by atoms with van der Waals surface area (Å²) in [6, 6.07) is 18.0. The molecule has 1 fully saturated rings. The summed E-state index contributed by atoms with van der Waals surface area (Å²) in [5.74, 6) is 0.399. The highest BCUT2D eigenvalue weighted by molar-refractivity contribution is 5.97. The number of aromatic nitrogens is 4. The fourth-order valence-electron chi connectivity index (χ4n) is 5.40. The van der Waals surface area contributed by atoms with Crippen LogP contribution in [0.2, 0.25) is 0 Å². The van der Waals surface area contributed by atoms with Crippen LogP contribution in [0, 0.1) is 18.7 Å². The van der Waals surface area contributed by atoms with Crippen molar-refractivity contribution in [3.8, 4) is 5.69 Å². The number of hydrogen-bond acceptors (Lipinski definition) is 6. The molecule has 2 aromatic carbocycles. The van der Waals surface area contributed by atoms with E-state index >= 15 is 4.39 Å². The van der Waals surface area contributed by atoms with E-state index in [9.17, 15) is 4.79 Å². The van der Waals surface area contributed by atoms with Crippen LogP contribution in [-0.4, -0.2) is 25.5 Å². The van der Waals surface area contributed by atoms with Crippen LogP contribution in [0.3, 0.4) is 0 Å². The molecule has 1 saturated carbocycles. The van der Waals surface area contributed by atoms with Gasteiger partial charge >= 0.3 is 0 Å². The normalized spacial score (nSPS) is 14.8. The first-order valence-corrected chi connectivity index (χ1v) is 13.5. The molecule has 3 heterocycles. The van der Waals surface area contributed by atoms with Crippen molar-refractivity contribution in [1.29, 1.82) is 0 Å². The monoisotopic (exact) mass is 534 g/mol. The van der Waals surface area contributed by atoms with E-state index in [0.717, 1.165) is 34.7 Å². The number of nitrogen functional groups attached to an aromatic ring is 1. The molecule has 6 rings (SSSR count). The lowest BCUT2D eigenvalue weighted by Gasteiger charge is -2.31. The van der Waals surface area contributed by atoms with Crippen molar-refractivity contribution in [2.75, 3.05) is 5.73 Å². The van der Waals surface area contributed by atoms with Crippen LogP contribution in [0.25, 0.3) is 16.5 Å². The van der Waals surface area contributed by atoms with Crippen molar-refractivity contribution in [3.63, 3.8) is 0 Å². The number of Topliss-reactive ketones (excluding diaryl/α,β-unsaturated/α-hetero) is 1. The Bertz CT molecular complexity index is 1710. The van der Waals surface area contributed by atoms with E-state index in [0.29, 0.717) is 34.4 Å². The fraction of sp³-hybridized carbons (Fsp3) is 0.250. The molecule has 8 heteroatoms. The molecule has 1 atom stereocenters. The third kappa shape index (κ3) is 4.98. The van der Waals surface area contributed by atoms with Gasteiger partial charge in [0.2, 0.25) is 0 Å². The summed E-state index contributed by atoms with van der Waals surface area (Å²) in [5.41, 5.74) is 16.1. The van der Waals surface area contributed by atoms with Gasteiger partial charge in [-0.15, -0.1) is 0 Å². The molecule has 0 radical (unpaired) electrons. The van der Waals surface area contributed by atoms with Gasteiger partial charge < -0.3 is 11.5 Å². The highest BCUT2D eigenvalue weighted by Crippen LogP contribution is 2.40. The molecule has 1 aliphatic carbocycles. The second-order valence-corrected chi connectivity index (χ2v) is 10.8. The van der Waals surface area contributed by atoms with Crippen molar-refractivity contribution < 1.29 is 9.18 Å². The van der Waals surface area contributed by atoms with E-state index in [1.807, 2.05) is 43.3 Å². The molecular weight excluding hydrogens is 503 g/mol. The topological polar surface area (TPSA) is 113 Å². The van der Waals surface area contributed by atoms with Crippen molar-refractivity contribution in [1.82, 2.24) is 19.7 Å². The molecule has 0 saturated heterocycles. The summed E-state index contributed by atoms with van der Waals surface area (Å²) in [6.07, 6.45) is 9.15. The largest absolute Gasteiger partial charge is 0.383 e. The molecule has 7 nitrogen and oxygen atoms in total. The zero-order valence-corrected chi connectivity index (χ0v) is 22.3. The highest BCUT2D eigenvalue weighted by Gasteiger charge is 2.33. The van der Waals surface area contributed by atoms with Gasteiger partial charge in [0, 0.05) is 30.4 Å². The van der Waals surface area contributed by atoms with Gasteiger partial charge in [0.05, 0.1) is 16.9 Å². The predicted molar refractivity (Wildman–Crippen MR) is 154 cm³/mol. The zero-order valence-electron chi connectivity index (χ0n) is 22.3. The summed E-state index contributed by atoms with van der Waals surface area (Å²) >= 11 is 0. The number of ketones is 1. The number of nitrogens with zero attached hydrogens (tertiary/aromatic N) is 4. The lowest BCUT2D eigenvalue weighted by molar-refractivity contribution is 0.0984. The Labute approximate surface area is 232 Å². The number of pyridine rings is 2. The van der Waals surface area contributed by atoms with E-state index in [2.05, 4.69) is 15.1 Å². The average molecular weight is 535 g/mol. The molecule has 0 aliphatic heterocycles. The van der Waals surface area contributed by atoms with Gasteiger partial charge in [-0.25, -0.2) is 14.1 Å². The highest BCUT2D eigenvalue weighted by atomic mass is 19.1. The number of aryl methyl sites for hydroxylation is 1. The smallest absolute Gasteiger partial charge is 0.185 e. The minimum atomic E-state index is -0.811. The lowest BCUT2D eigenvalue weighted by Crippen LogP contribution is -2.38. The first kappa shape index (κ1) is 25.8. The molecule has 0 spiro atoms. The predicted octanol–water partition coefficient (Wildman–Crippen LogP) is 5.66. The van der Waals surface area contributed by atoms with Crippen LogP contribution in [0.1, 0.15) is 58.6 Å². The number of benzene rings is 2. The maximum Gasteiger partial charge on any atom is 0.185 e. The van der Waals surface area contributed by atoms with Crippen LogP contribution in [0.4, 0.5) is 10.2 Å². The lowest BCUT2D eigenvalue weighted by atomic mass is 9.79. The minimum Gasteiger partial charge on any atom is -0.383 e. The van der Waals surface area contributed by atoms with Crippen LogP contribution in [0.15, 0.2) is 79.3 Å². The molecule has 1 aliphatic rings. The number of fused-ring (bicyclic) bond motifs is 1. The van der Waals surface area contributed by atoms with E-state index in [-0.39, 0.29) is 12.2 Å². The third-order valence-electron chi connectivity index (χ3n) is 7.89. The molecule has 40 heavy (non-hydrogen) atoms. The second kappa shape index (κ2) is 10.3. The van der Waals surface area contributed by atoms with Gasteiger partial charge in [0.25, 0.3) is 0 Å². The molecule has 202 valence electrons. The summed E-state index contributed by atoms with van der Waals surface area (Å²) in [4.78, 5) is 22.0. The Morgan fingerprint density at radius 1 is 1.02 bits per heavy atom. The summed E-state index contributed by atoms with van der Waals surface area (Å²) in [5, 5.41) is 6.27. The molecule has 4 N–H and O–H groups in total. The van der Waals surface area contributed by atoms with Crippen molar-refractivity contribution >= 4 is 22.4 Å². The van der Waals surface area contributed by atoms with Crippen LogP contribution in [-0.2, 0) is 12.0 Å². The Kier molecular flexibility index (Phi) is 6.64. The van der Waals surface area contributed by atoms with Crippen molar-refractivity contribution in [2.45, 2.75) is 44.6 Å². The van der Waals surface area contributed by atoms with Crippen LogP contribution in [0.5, 0.6) is 0 Å². The Hall–Kier alpha value is -4.43. The van der Waals surface area contributed by atoms with Crippen LogP contribution >= 0.6 is 0 Å². The van der Waals surface area contributed by atoms with E-state index in [4.69, 9.17) is 11.5 Å². The van der Waals surface area contributed by atoms with E-state index < -0.39 is 11.4 Å². The Morgan fingerprint density at radius 3 is 2.60 bits per heavy atom. The number of carbonyl (C=O) groups is 1. The number of nitrogens with two attached hydrogens (primary N) is 2. The van der Waals surface area contributed by atoms with Gasteiger partial charge in [-0.3, -0.25) is 9.78 Å². The number of carbonyl (C=O) groups excluding carboxylic acids is 1. The molecule has 0 bridgehead atoms. The average Bonchev–Trinajstić information content (AvgIpc) is 3.72. The zero-order chi connectivity index (χ0) is 27.9. The van der Waals surface area contributed by atoms with Gasteiger partial charge in [0.1, 0.15) is 17.3 Å². The fourth-order valence-corrected chi connectivity index (χ4v) is 5.40.